The van der Waals surface area contributed by atoms with Crippen LogP contribution in [0.1, 0.15) is 47.5 Å². The monoisotopic (exact) mass is 301 g/mol. The summed E-state index contributed by atoms with van der Waals surface area (Å²) in [5, 5.41) is 11.9. The third-order valence-electron chi connectivity index (χ3n) is 2.85. The molecule has 122 valence electrons. The first-order valence-corrected chi connectivity index (χ1v) is 7.08. The van der Waals surface area contributed by atoms with Gasteiger partial charge in [0, 0.05) is 5.92 Å². The van der Waals surface area contributed by atoms with Gasteiger partial charge in [-0.05, 0) is 27.2 Å². The Balaban J connectivity index is 5.30. The van der Waals surface area contributed by atoms with Gasteiger partial charge in [-0.1, -0.05) is 26.3 Å². The van der Waals surface area contributed by atoms with Crippen molar-refractivity contribution in [3.05, 3.63) is 12.7 Å². The quantitative estimate of drug-likeness (QED) is 0.532. The molecule has 6 nitrogen and oxygen atoms in total. The highest BCUT2D eigenvalue weighted by Crippen LogP contribution is 2.25. The average Bonchev–Trinajstić information content (AvgIpc) is 2.31. The largest absolute Gasteiger partial charge is 0.478 e. The minimum atomic E-state index is -1.83. The number of hydrogen-bond donors (Lipinski definition) is 2. The lowest BCUT2D eigenvalue weighted by Gasteiger charge is -2.35. The molecule has 0 heterocycles. The fourth-order valence-electron chi connectivity index (χ4n) is 1.91. The fraction of sp³-hybridized carbons (Fsp3) is 0.733. The molecule has 2 atom stereocenters. The molecule has 0 rings (SSSR count). The number of carbonyl (C=O) groups is 2. The number of nitrogens with one attached hydrogen (secondary N) is 1. The van der Waals surface area contributed by atoms with Crippen LogP contribution in [0, 0.1) is 5.92 Å². The summed E-state index contributed by atoms with van der Waals surface area (Å²) >= 11 is 0. The molecule has 0 fully saturated rings. The molecule has 0 radical (unpaired) electrons. The van der Waals surface area contributed by atoms with E-state index in [-0.39, 0.29) is 6.61 Å². The lowest BCUT2D eigenvalue weighted by molar-refractivity contribution is -0.178. The van der Waals surface area contributed by atoms with Gasteiger partial charge < -0.3 is 14.6 Å². The number of carboxylic acid groups (broad SMARTS) is 1. The topological polar surface area (TPSA) is 84.9 Å². The van der Waals surface area contributed by atoms with Crippen molar-refractivity contribution in [2.75, 3.05) is 6.61 Å². The summed E-state index contributed by atoms with van der Waals surface area (Å²) in [6, 6.07) is 0. The molecule has 6 heteroatoms. The zero-order valence-corrected chi connectivity index (χ0v) is 13.6. The molecular weight excluding hydrogens is 274 g/mol. The normalized spacial score (nSPS) is 15.7. The molecule has 0 aliphatic heterocycles. The summed E-state index contributed by atoms with van der Waals surface area (Å²) in [4.78, 5) is 23.7. The Morgan fingerprint density at radius 1 is 1.38 bits per heavy atom. The van der Waals surface area contributed by atoms with Gasteiger partial charge in [-0.25, -0.2) is 9.59 Å². The fourth-order valence-corrected chi connectivity index (χ4v) is 1.91. The molecule has 0 aromatic rings. The Kier molecular flexibility index (Phi) is 7.43. The molecule has 0 spiro atoms. The second kappa shape index (κ2) is 8.02. The Morgan fingerprint density at radius 3 is 2.33 bits per heavy atom. The van der Waals surface area contributed by atoms with Crippen LogP contribution in [0.2, 0.25) is 0 Å². The van der Waals surface area contributed by atoms with E-state index in [1.54, 1.807) is 27.7 Å². The second-order valence-electron chi connectivity index (χ2n) is 5.96. The summed E-state index contributed by atoms with van der Waals surface area (Å²) in [5.74, 6) is -1.68. The standard InChI is InChI=1S/C15H27NO5/c1-7-9-11(3)15(12(17)18,20-10-8-2)16-13(19)21-14(4,5)6/h8,11H,2,7,9-10H2,1,3-6H3,(H,16,19)(H,17,18). The average molecular weight is 301 g/mol. The minimum Gasteiger partial charge on any atom is -0.478 e. The van der Waals surface area contributed by atoms with Crippen molar-refractivity contribution in [1.82, 2.24) is 5.32 Å². The zero-order valence-electron chi connectivity index (χ0n) is 13.6. The van der Waals surface area contributed by atoms with E-state index in [0.29, 0.717) is 6.42 Å². The molecule has 0 aliphatic rings. The van der Waals surface area contributed by atoms with Gasteiger partial charge in [0.1, 0.15) is 5.60 Å². The SMILES string of the molecule is C=CCOC(NC(=O)OC(C)(C)C)(C(=O)O)C(C)CCC. The van der Waals surface area contributed by atoms with E-state index in [4.69, 9.17) is 9.47 Å². The van der Waals surface area contributed by atoms with E-state index >= 15 is 0 Å². The van der Waals surface area contributed by atoms with Crippen molar-refractivity contribution in [1.29, 1.82) is 0 Å². The van der Waals surface area contributed by atoms with Crippen LogP contribution in [0.3, 0.4) is 0 Å². The number of ether oxygens (including phenoxy) is 2. The molecule has 2 N–H and O–H groups in total. The van der Waals surface area contributed by atoms with Crippen molar-refractivity contribution >= 4 is 12.1 Å². The number of aliphatic carboxylic acids is 1. The highest BCUT2D eigenvalue weighted by molar-refractivity contribution is 5.83. The molecule has 0 aromatic carbocycles. The lowest BCUT2D eigenvalue weighted by atomic mass is 9.92. The summed E-state index contributed by atoms with van der Waals surface area (Å²) in [7, 11) is 0. The molecule has 2 unspecified atom stereocenters. The van der Waals surface area contributed by atoms with Crippen LogP contribution in [-0.4, -0.2) is 35.1 Å². The van der Waals surface area contributed by atoms with Crippen LogP contribution < -0.4 is 5.32 Å². The lowest BCUT2D eigenvalue weighted by Crippen LogP contribution is -2.61. The van der Waals surface area contributed by atoms with Gasteiger partial charge in [0.25, 0.3) is 0 Å². The van der Waals surface area contributed by atoms with Crippen LogP contribution in [0.4, 0.5) is 4.79 Å². The molecule has 0 saturated heterocycles. The van der Waals surface area contributed by atoms with E-state index in [2.05, 4.69) is 11.9 Å². The van der Waals surface area contributed by atoms with Crippen molar-refractivity contribution < 1.29 is 24.2 Å². The maximum absolute atomic E-state index is 11.9. The van der Waals surface area contributed by atoms with Crippen molar-refractivity contribution in [2.24, 2.45) is 5.92 Å². The third-order valence-corrected chi connectivity index (χ3v) is 2.85. The second-order valence-corrected chi connectivity index (χ2v) is 5.96. The number of rotatable bonds is 8. The van der Waals surface area contributed by atoms with Crippen LogP contribution in [-0.2, 0) is 14.3 Å². The molecule has 21 heavy (non-hydrogen) atoms. The highest BCUT2D eigenvalue weighted by atomic mass is 16.6. The smallest absolute Gasteiger partial charge is 0.410 e. The number of amides is 1. The van der Waals surface area contributed by atoms with E-state index < -0.39 is 29.3 Å². The summed E-state index contributed by atoms with van der Waals surface area (Å²) in [5.41, 5.74) is -2.55. The van der Waals surface area contributed by atoms with Gasteiger partial charge >= 0.3 is 12.1 Å². The third kappa shape index (κ3) is 6.16. The maximum atomic E-state index is 11.9. The molecule has 0 saturated carbocycles. The summed E-state index contributed by atoms with van der Waals surface area (Å²) < 4.78 is 10.5. The molecule has 0 aliphatic carbocycles. The van der Waals surface area contributed by atoms with Gasteiger partial charge in [-0.3, -0.25) is 5.32 Å². The minimum absolute atomic E-state index is 0.0101. The first-order valence-electron chi connectivity index (χ1n) is 7.08. The summed E-state index contributed by atoms with van der Waals surface area (Å²) in [6.07, 6.45) is 1.97. The molecule has 0 bridgehead atoms. The first kappa shape index (κ1) is 19.4. The van der Waals surface area contributed by atoms with Crippen molar-refractivity contribution in [3.8, 4) is 0 Å². The predicted molar refractivity (Wildman–Crippen MR) is 80.0 cm³/mol. The summed E-state index contributed by atoms with van der Waals surface area (Å²) in [6.45, 7) is 12.3. The van der Waals surface area contributed by atoms with Crippen LogP contribution in [0.25, 0.3) is 0 Å². The Bertz CT molecular complexity index is 375. The van der Waals surface area contributed by atoms with Crippen LogP contribution >= 0.6 is 0 Å². The highest BCUT2D eigenvalue weighted by Gasteiger charge is 2.47. The van der Waals surface area contributed by atoms with Crippen LogP contribution in [0.15, 0.2) is 12.7 Å². The van der Waals surface area contributed by atoms with Gasteiger partial charge in [-0.2, -0.15) is 0 Å². The van der Waals surface area contributed by atoms with Crippen LogP contribution in [0.5, 0.6) is 0 Å². The first-order chi connectivity index (χ1) is 9.59. The molecule has 1 amide bonds. The number of carboxylic acids is 1. The maximum Gasteiger partial charge on any atom is 0.410 e. The Morgan fingerprint density at radius 2 is 1.95 bits per heavy atom. The number of carbonyl (C=O) groups excluding carboxylic acids is 1. The van der Waals surface area contributed by atoms with E-state index in [1.165, 1.54) is 6.08 Å². The molecule has 0 aromatic heterocycles. The predicted octanol–water partition coefficient (Wildman–Crippen LogP) is 2.93. The van der Waals surface area contributed by atoms with E-state index in [9.17, 15) is 14.7 Å². The number of hydrogen-bond acceptors (Lipinski definition) is 4. The van der Waals surface area contributed by atoms with E-state index in [0.717, 1.165) is 6.42 Å². The number of alkyl carbamates (subject to hydrolysis) is 1. The molecular formula is C15H27NO5. The van der Waals surface area contributed by atoms with Gasteiger partial charge in [0.05, 0.1) is 6.61 Å². The van der Waals surface area contributed by atoms with Gasteiger partial charge in [0.15, 0.2) is 0 Å². The van der Waals surface area contributed by atoms with Crippen molar-refractivity contribution in [2.45, 2.75) is 58.8 Å². The Hall–Kier alpha value is -1.56. The van der Waals surface area contributed by atoms with Gasteiger partial charge in [-0.15, -0.1) is 6.58 Å². The van der Waals surface area contributed by atoms with E-state index in [1.807, 2.05) is 6.92 Å². The zero-order chi connectivity index (χ0) is 16.7. The van der Waals surface area contributed by atoms with Crippen molar-refractivity contribution in [3.63, 3.8) is 0 Å². The Labute approximate surface area is 126 Å². The van der Waals surface area contributed by atoms with Gasteiger partial charge in [0.2, 0.25) is 5.72 Å².